The van der Waals surface area contributed by atoms with Gasteiger partial charge >= 0.3 is 0 Å². The van der Waals surface area contributed by atoms with E-state index in [9.17, 15) is 9.59 Å². The Bertz CT molecular complexity index is 878. The largest absolute Gasteiger partial charge is 0.338 e. The van der Waals surface area contributed by atoms with E-state index in [0.717, 1.165) is 37.1 Å². The van der Waals surface area contributed by atoms with Crippen LogP contribution < -0.4 is 0 Å². The molecule has 1 spiro atoms. The van der Waals surface area contributed by atoms with Gasteiger partial charge in [0, 0.05) is 63.7 Å². The molecular weight excluding hydrogens is 354 g/mol. The Labute approximate surface area is 165 Å². The van der Waals surface area contributed by atoms with Gasteiger partial charge in [-0.05, 0) is 37.8 Å². The van der Waals surface area contributed by atoms with Gasteiger partial charge in [-0.2, -0.15) is 5.10 Å². The maximum atomic E-state index is 13.1. The smallest absolute Gasteiger partial charge is 0.257 e. The van der Waals surface area contributed by atoms with Gasteiger partial charge in [0.25, 0.3) is 5.91 Å². The van der Waals surface area contributed by atoms with Gasteiger partial charge in [-0.3, -0.25) is 19.3 Å². The molecule has 2 aromatic rings. The Balaban J connectivity index is 1.50. The summed E-state index contributed by atoms with van der Waals surface area (Å²) in [6.07, 6.45) is 8.79. The highest BCUT2D eigenvalue weighted by Crippen LogP contribution is 2.39. The minimum atomic E-state index is -0.0137. The maximum absolute atomic E-state index is 13.1. The number of nitrogens with zero attached hydrogens (tertiary/aromatic N) is 5. The Morgan fingerprint density at radius 3 is 2.86 bits per heavy atom. The lowest BCUT2D eigenvalue weighted by Crippen LogP contribution is -2.54. The zero-order valence-electron chi connectivity index (χ0n) is 16.6. The molecule has 7 nitrogen and oxygen atoms in total. The van der Waals surface area contributed by atoms with E-state index in [1.165, 1.54) is 0 Å². The fraction of sp³-hybridized carbons (Fsp3) is 0.524. The van der Waals surface area contributed by atoms with Crippen LogP contribution in [0.3, 0.4) is 0 Å². The minimum Gasteiger partial charge on any atom is -0.338 e. The summed E-state index contributed by atoms with van der Waals surface area (Å²) < 4.78 is 1.69. The zero-order valence-corrected chi connectivity index (χ0v) is 16.6. The summed E-state index contributed by atoms with van der Waals surface area (Å²) >= 11 is 0. The second kappa shape index (κ2) is 7.37. The summed E-state index contributed by atoms with van der Waals surface area (Å²) in [4.78, 5) is 33.7. The highest BCUT2D eigenvalue weighted by Gasteiger charge is 2.43. The molecule has 2 aliphatic rings. The van der Waals surface area contributed by atoms with Crippen molar-refractivity contribution in [3.8, 4) is 0 Å². The molecule has 1 atom stereocenters. The summed E-state index contributed by atoms with van der Waals surface area (Å²) in [5, 5.41) is 4.31. The van der Waals surface area contributed by atoms with Crippen LogP contribution >= 0.6 is 0 Å². The molecule has 7 heteroatoms. The molecule has 2 aromatic heterocycles. The van der Waals surface area contributed by atoms with E-state index in [0.29, 0.717) is 31.6 Å². The SMILES string of the molecule is Cc1nn(C)cc1C(=O)N1CCCC2(CCC(=O)N(Cc3cccnc3)C2)C1. The van der Waals surface area contributed by atoms with Gasteiger partial charge in [0.2, 0.25) is 5.91 Å². The number of aromatic nitrogens is 3. The van der Waals surface area contributed by atoms with Crippen molar-refractivity contribution in [1.29, 1.82) is 0 Å². The number of hydrogen-bond donors (Lipinski definition) is 0. The van der Waals surface area contributed by atoms with Gasteiger partial charge in [-0.25, -0.2) is 0 Å². The van der Waals surface area contributed by atoms with Crippen molar-refractivity contribution >= 4 is 11.8 Å². The molecule has 1 unspecified atom stereocenters. The van der Waals surface area contributed by atoms with E-state index in [4.69, 9.17) is 0 Å². The zero-order chi connectivity index (χ0) is 19.7. The highest BCUT2D eigenvalue weighted by atomic mass is 16.2. The highest BCUT2D eigenvalue weighted by molar-refractivity contribution is 5.95. The predicted molar refractivity (Wildman–Crippen MR) is 104 cm³/mol. The van der Waals surface area contributed by atoms with E-state index in [2.05, 4.69) is 10.1 Å². The number of aryl methyl sites for hydroxylation is 2. The molecular formula is C21H27N5O2. The van der Waals surface area contributed by atoms with Crippen molar-refractivity contribution in [2.75, 3.05) is 19.6 Å². The second-order valence-electron chi connectivity index (χ2n) is 8.24. The van der Waals surface area contributed by atoms with Crippen molar-refractivity contribution in [2.24, 2.45) is 12.5 Å². The Morgan fingerprint density at radius 2 is 2.14 bits per heavy atom. The number of rotatable bonds is 3. The third-order valence-electron chi connectivity index (χ3n) is 6.04. The number of hydrogen-bond acceptors (Lipinski definition) is 4. The van der Waals surface area contributed by atoms with Gasteiger partial charge in [0.05, 0.1) is 11.3 Å². The molecule has 148 valence electrons. The standard InChI is InChI=1S/C21H27N5O2/c1-16-18(13-24(2)23-16)20(28)25-10-4-7-21(14-25)8-6-19(27)26(15-21)12-17-5-3-9-22-11-17/h3,5,9,11,13H,4,6-8,10,12,14-15H2,1-2H3. The first-order valence-corrected chi connectivity index (χ1v) is 9.92. The van der Waals surface area contributed by atoms with Crippen LogP contribution in [0.15, 0.2) is 30.7 Å². The van der Waals surface area contributed by atoms with E-state index in [1.807, 2.05) is 42.1 Å². The Hall–Kier alpha value is -2.70. The maximum Gasteiger partial charge on any atom is 0.257 e. The van der Waals surface area contributed by atoms with Crippen molar-refractivity contribution in [3.05, 3.63) is 47.5 Å². The fourth-order valence-corrected chi connectivity index (χ4v) is 4.65. The van der Waals surface area contributed by atoms with Gasteiger partial charge < -0.3 is 9.80 Å². The van der Waals surface area contributed by atoms with Crippen molar-refractivity contribution < 1.29 is 9.59 Å². The molecule has 2 amide bonds. The average molecular weight is 381 g/mol. The van der Waals surface area contributed by atoms with Gasteiger partial charge in [-0.1, -0.05) is 6.07 Å². The molecule has 2 aliphatic heterocycles. The van der Waals surface area contributed by atoms with Crippen molar-refractivity contribution in [2.45, 2.75) is 39.2 Å². The van der Waals surface area contributed by atoms with Crippen LogP contribution in [-0.4, -0.2) is 56.0 Å². The lowest BCUT2D eigenvalue weighted by molar-refractivity contribution is -0.139. The van der Waals surface area contributed by atoms with Gasteiger partial charge in [-0.15, -0.1) is 0 Å². The number of pyridine rings is 1. The van der Waals surface area contributed by atoms with Crippen LogP contribution in [0.25, 0.3) is 0 Å². The summed E-state index contributed by atoms with van der Waals surface area (Å²) in [5.74, 6) is 0.251. The van der Waals surface area contributed by atoms with Crippen LogP contribution in [0.5, 0.6) is 0 Å². The van der Waals surface area contributed by atoms with E-state index >= 15 is 0 Å². The summed E-state index contributed by atoms with van der Waals surface area (Å²) in [6.45, 7) is 4.64. The third kappa shape index (κ3) is 3.66. The monoisotopic (exact) mass is 381 g/mol. The third-order valence-corrected chi connectivity index (χ3v) is 6.04. The topological polar surface area (TPSA) is 71.3 Å². The summed E-state index contributed by atoms with van der Waals surface area (Å²) in [7, 11) is 1.84. The first kappa shape index (κ1) is 18.7. The lowest BCUT2D eigenvalue weighted by atomic mass is 9.73. The first-order valence-electron chi connectivity index (χ1n) is 9.92. The normalized spacial score (nSPS) is 22.7. The summed E-state index contributed by atoms with van der Waals surface area (Å²) in [6, 6.07) is 3.90. The second-order valence-corrected chi connectivity index (χ2v) is 8.24. The van der Waals surface area contributed by atoms with Gasteiger partial charge in [0.15, 0.2) is 0 Å². The molecule has 0 saturated carbocycles. The molecule has 2 saturated heterocycles. The van der Waals surface area contributed by atoms with Crippen LogP contribution in [0.2, 0.25) is 0 Å². The first-order chi connectivity index (χ1) is 13.5. The average Bonchev–Trinajstić information content (AvgIpc) is 3.03. The number of carbonyl (C=O) groups is 2. The molecule has 0 N–H and O–H groups in total. The predicted octanol–water partition coefficient (Wildman–Crippen LogP) is 2.17. The molecule has 0 aromatic carbocycles. The minimum absolute atomic E-state index is 0.0137. The molecule has 2 fully saturated rings. The number of piperidine rings is 2. The number of amides is 2. The van der Waals surface area contributed by atoms with Crippen LogP contribution in [-0.2, 0) is 18.4 Å². The number of likely N-dealkylation sites (tertiary alicyclic amines) is 2. The van der Waals surface area contributed by atoms with E-state index in [-0.39, 0.29) is 17.2 Å². The van der Waals surface area contributed by atoms with Crippen molar-refractivity contribution in [1.82, 2.24) is 24.6 Å². The molecule has 0 aliphatic carbocycles. The lowest BCUT2D eigenvalue weighted by Gasteiger charge is -2.48. The Kier molecular flexibility index (Phi) is 4.91. The molecule has 28 heavy (non-hydrogen) atoms. The fourth-order valence-electron chi connectivity index (χ4n) is 4.65. The molecule has 0 bridgehead atoms. The van der Waals surface area contributed by atoms with E-state index < -0.39 is 0 Å². The van der Waals surface area contributed by atoms with Gasteiger partial charge in [0.1, 0.15) is 0 Å². The summed E-state index contributed by atoms with van der Waals surface area (Å²) in [5.41, 5.74) is 2.48. The molecule has 4 heterocycles. The molecule has 0 radical (unpaired) electrons. The van der Waals surface area contributed by atoms with E-state index in [1.54, 1.807) is 17.1 Å². The van der Waals surface area contributed by atoms with Crippen LogP contribution in [0, 0.1) is 12.3 Å². The quantitative estimate of drug-likeness (QED) is 0.817. The van der Waals surface area contributed by atoms with Crippen LogP contribution in [0.4, 0.5) is 0 Å². The molecule has 4 rings (SSSR count). The van der Waals surface area contributed by atoms with Crippen molar-refractivity contribution in [3.63, 3.8) is 0 Å². The Morgan fingerprint density at radius 1 is 1.29 bits per heavy atom. The number of carbonyl (C=O) groups excluding carboxylic acids is 2. The van der Waals surface area contributed by atoms with Crippen LogP contribution in [0.1, 0.15) is 47.3 Å².